The van der Waals surface area contributed by atoms with E-state index < -0.39 is 0 Å². The van der Waals surface area contributed by atoms with Crippen molar-refractivity contribution >= 4 is 24.8 Å². The van der Waals surface area contributed by atoms with Crippen molar-refractivity contribution in [3.63, 3.8) is 0 Å². The van der Waals surface area contributed by atoms with Crippen LogP contribution in [0.3, 0.4) is 0 Å². The van der Waals surface area contributed by atoms with Gasteiger partial charge in [0.15, 0.2) is 0 Å². The molecule has 1 aromatic carbocycles. The summed E-state index contributed by atoms with van der Waals surface area (Å²) >= 11 is 0. The van der Waals surface area contributed by atoms with Gasteiger partial charge in [0.1, 0.15) is 0 Å². The van der Waals surface area contributed by atoms with Crippen LogP contribution in [0.15, 0.2) is 24.3 Å². The van der Waals surface area contributed by atoms with Crippen molar-refractivity contribution in [2.24, 2.45) is 5.92 Å². The first-order chi connectivity index (χ1) is 9.34. The van der Waals surface area contributed by atoms with Crippen LogP contribution in [0.5, 0.6) is 0 Å². The summed E-state index contributed by atoms with van der Waals surface area (Å²) in [6.07, 6.45) is 5.70. The van der Waals surface area contributed by atoms with E-state index in [1.54, 1.807) is 5.56 Å². The highest BCUT2D eigenvalue weighted by Gasteiger charge is 2.31. The second-order valence-electron chi connectivity index (χ2n) is 6.19. The molecule has 2 aliphatic rings. The number of benzene rings is 1. The van der Waals surface area contributed by atoms with Gasteiger partial charge in [0.05, 0.1) is 0 Å². The van der Waals surface area contributed by atoms with Gasteiger partial charge in [0.25, 0.3) is 0 Å². The number of aryl methyl sites for hydroxylation is 1. The first-order valence-corrected chi connectivity index (χ1v) is 7.86. The van der Waals surface area contributed by atoms with Crippen molar-refractivity contribution in [2.75, 3.05) is 26.2 Å². The normalized spacial score (nSPS) is 21.4. The molecule has 0 bridgehead atoms. The number of rotatable bonds is 3. The summed E-state index contributed by atoms with van der Waals surface area (Å²) in [4.78, 5) is 2.72. The van der Waals surface area contributed by atoms with E-state index in [0.29, 0.717) is 6.04 Å². The second-order valence-corrected chi connectivity index (χ2v) is 6.19. The van der Waals surface area contributed by atoms with Crippen LogP contribution in [0.2, 0.25) is 0 Å². The Bertz CT molecular complexity index is 396. The lowest BCUT2D eigenvalue weighted by atomic mass is 9.89. The largest absolute Gasteiger partial charge is 0.314 e. The van der Waals surface area contributed by atoms with Crippen molar-refractivity contribution < 1.29 is 0 Å². The van der Waals surface area contributed by atoms with E-state index in [1.807, 2.05) is 0 Å². The zero-order valence-electron chi connectivity index (χ0n) is 12.9. The number of hydrogen-bond donors (Lipinski definition) is 1. The minimum Gasteiger partial charge on any atom is -0.314 e. The number of piperazine rings is 1. The van der Waals surface area contributed by atoms with Crippen molar-refractivity contribution in [1.29, 1.82) is 0 Å². The lowest BCUT2D eigenvalue weighted by Crippen LogP contribution is -2.46. The molecule has 1 heterocycles. The standard InChI is InChI=1S/C17H26N2.2ClH/c1-14-6-8-16(9-7-14)17(15-4-2-3-5-15)19-12-10-18-11-13-19;;/h6-9,15,17-18H,2-5,10-13H2,1H3;2*1H/t17-;;/m0../s1. The molecule has 2 nitrogen and oxygen atoms in total. The Kier molecular flexibility index (Phi) is 8.04. The summed E-state index contributed by atoms with van der Waals surface area (Å²) in [5.41, 5.74) is 2.91. The number of nitrogens with zero attached hydrogens (tertiary/aromatic N) is 1. The maximum absolute atomic E-state index is 3.48. The Morgan fingerprint density at radius 3 is 2.14 bits per heavy atom. The highest BCUT2D eigenvalue weighted by Crippen LogP contribution is 2.39. The molecule has 0 aromatic heterocycles. The van der Waals surface area contributed by atoms with Crippen LogP contribution in [0.25, 0.3) is 0 Å². The molecule has 0 unspecified atom stereocenters. The van der Waals surface area contributed by atoms with Crippen LogP contribution >= 0.6 is 24.8 Å². The Morgan fingerprint density at radius 1 is 1.00 bits per heavy atom. The maximum atomic E-state index is 3.48. The van der Waals surface area contributed by atoms with Crippen molar-refractivity contribution in [3.05, 3.63) is 35.4 Å². The van der Waals surface area contributed by atoms with Gasteiger partial charge in [0, 0.05) is 32.2 Å². The molecule has 0 amide bonds. The summed E-state index contributed by atoms with van der Waals surface area (Å²) in [7, 11) is 0. The van der Waals surface area contributed by atoms with Gasteiger partial charge in [-0.15, -0.1) is 24.8 Å². The predicted octanol–water partition coefficient (Wildman–Crippen LogP) is 3.98. The molecule has 1 N–H and O–H groups in total. The molecule has 1 atom stereocenters. The van der Waals surface area contributed by atoms with Crippen LogP contribution in [0, 0.1) is 12.8 Å². The SMILES string of the molecule is Cc1ccc([C@H](C2CCCC2)N2CCNCC2)cc1.Cl.Cl. The molecule has 1 saturated carbocycles. The minimum atomic E-state index is 0. The fourth-order valence-electron chi connectivity index (χ4n) is 3.78. The maximum Gasteiger partial charge on any atom is 0.0377 e. The summed E-state index contributed by atoms with van der Waals surface area (Å²) in [5.74, 6) is 0.876. The lowest BCUT2D eigenvalue weighted by Gasteiger charge is -2.38. The molecule has 1 aromatic rings. The van der Waals surface area contributed by atoms with E-state index in [2.05, 4.69) is 41.4 Å². The summed E-state index contributed by atoms with van der Waals surface area (Å²) in [5, 5.41) is 3.48. The minimum absolute atomic E-state index is 0. The van der Waals surface area contributed by atoms with E-state index in [0.717, 1.165) is 19.0 Å². The fraction of sp³-hybridized carbons (Fsp3) is 0.647. The molecule has 3 rings (SSSR count). The number of halogens is 2. The topological polar surface area (TPSA) is 15.3 Å². The predicted molar refractivity (Wildman–Crippen MR) is 94.8 cm³/mol. The zero-order valence-corrected chi connectivity index (χ0v) is 14.5. The van der Waals surface area contributed by atoms with Gasteiger partial charge in [-0.05, 0) is 31.2 Å². The van der Waals surface area contributed by atoms with Crippen LogP contribution in [-0.2, 0) is 0 Å². The Labute approximate surface area is 141 Å². The Morgan fingerprint density at radius 2 is 1.57 bits per heavy atom. The smallest absolute Gasteiger partial charge is 0.0377 e. The molecule has 120 valence electrons. The van der Waals surface area contributed by atoms with E-state index in [9.17, 15) is 0 Å². The molecule has 1 aliphatic carbocycles. The number of hydrogen-bond acceptors (Lipinski definition) is 2. The molecule has 1 saturated heterocycles. The highest BCUT2D eigenvalue weighted by molar-refractivity contribution is 5.85. The van der Waals surface area contributed by atoms with Crippen molar-refractivity contribution in [3.8, 4) is 0 Å². The summed E-state index contributed by atoms with van der Waals surface area (Å²) in [6, 6.07) is 9.94. The van der Waals surface area contributed by atoms with Gasteiger partial charge < -0.3 is 5.32 Å². The third kappa shape index (κ3) is 4.59. The van der Waals surface area contributed by atoms with E-state index in [4.69, 9.17) is 0 Å². The van der Waals surface area contributed by atoms with Gasteiger partial charge in [0.2, 0.25) is 0 Å². The van der Waals surface area contributed by atoms with Crippen LogP contribution < -0.4 is 5.32 Å². The van der Waals surface area contributed by atoms with Crippen LogP contribution in [0.1, 0.15) is 42.9 Å². The lowest BCUT2D eigenvalue weighted by molar-refractivity contribution is 0.125. The Hall–Kier alpha value is -0.280. The van der Waals surface area contributed by atoms with E-state index in [-0.39, 0.29) is 24.8 Å². The second kappa shape index (κ2) is 8.99. The van der Waals surface area contributed by atoms with Crippen LogP contribution in [0.4, 0.5) is 0 Å². The molecule has 21 heavy (non-hydrogen) atoms. The molecule has 4 heteroatoms. The fourth-order valence-corrected chi connectivity index (χ4v) is 3.78. The first kappa shape index (κ1) is 18.8. The van der Waals surface area contributed by atoms with Gasteiger partial charge in [-0.3, -0.25) is 4.90 Å². The van der Waals surface area contributed by atoms with Gasteiger partial charge in [-0.2, -0.15) is 0 Å². The first-order valence-electron chi connectivity index (χ1n) is 7.86. The molecular weight excluding hydrogens is 303 g/mol. The highest BCUT2D eigenvalue weighted by atomic mass is 35.5. The molecule has 0 radical (unpaired) electrons. The van der Waals surface area contributed by atoms with Crippen molar-refractivity contribution in [2.45, 2.75) is 38.6 Å². The zero-order chi connectivity index (χ0) is 13.1. The molecule has 0 spiro atoms. The average molecular weight is 331 g/mol. The molecular formula is C17H28Cl2N2. The van der Waals surface area contributed by atoms with Gasteiger partial charge in [-0.1, -0.05) is 42.7 Å². The summed E-state index contributed by atoms with van der Waals surface area (Å²) < 4.78 is 0. The quantitative estimate of drug-likeness (QED) is 0.901. The molecule has 2 fully saturated rings. The average Bonchev–Trinajstić information content (AvgIpc) is 2.96. The van der Waals surface area contributed by atoms with Crippen molar-refractivity contribution in [1.82, 2.24) is 10.2 Å². The third-order valence-corrected chi connectivity index (χ3v) is 4.81. The van der Waals surface area contributed by atoms with Gasteiger partial charge >= 0.3 is 0 Å². The number of nitrogens with one attached hydrogen (secondary N) is 1. The van der Waals surface area contributed by atoms with Gasteiger partial charge in [-0.25, -0.2) is 0 Å². The van der Waals surface area contributed by atoms with E-state index in [1.165, 1.54) is 44.3 Å². The molecule has 1 aliphatic heterocycles. The Balaban J connectivity index is 0.00000110. The van der Waals surface area contributed by atoms with Crippen LogP contribution in [-0.4, -0.2) is 31.1 Å². The van der Waals surface area contributed by atoms with E-state index >= 15 is 0 Å². The monoisotopic (exact) mass is 330 g/mol. The third-order valence-electron chi connectivity index (χ3n) is 4.81. The summed E-state index contributed by atoms with van der Waals surface area (Å²) in [6.45, 7) is 6.88.